The van der Waals surface area contributed by atoms with Gasteiger partial charge >= 0.3 is 5.97 Å². The summed E-state index contributed by atoms with van der Waals surface area (Å²) >= 11 is 0. The zero-order valence-electron chi connectivity index (χ0n) is 16.3. The molecule has 1 aliphatic rings. The molecule has 2 aromatic carbocycles. The number of rotatable bonds is 7. The zero-order valence-corrected chi connectivity index (χ0v) is 16.3. The van der Waals surface area contributed by atoms with Gasteiger partial charge in [0.15, 0.2) is 0 Å². The number of carbonyl (C=O) groups is 2. The molecule has 0 aliphatic carbocycles. The number of nitrogens with zero attached hydrogens (tertiary/aromatic N) is 1. The summed E-state index contributed by atoms with van der Waals surface area (Å²) in [6.45, 7) is 2.36. The molecule has 2 unspecified atom stereocenters. The maximum Gasteiger partial charge on any atom is 0.330 e. The number of nitrogens with one attached hydrogen (secondary N) is 1. The number of para-hydroxylation sites is 1. The van der Waals surface area contributed by atoms with Crippen molar-refractivity contribution in [1.29, 1.82) is 0 Å². The van der Waals surface area contributed by atoms with E-state index >= 15 is 0 Å². The van der Waals surface area contributed by atoms with E-state index in [-0.39, 0.29) is 18.4 Å². The Hall–Kier alpha value is -2.66. The predicted octanol–water partition coefficient (Wildman–Crippen LogP) is 3.64. The SMILES string of the molecule is CCC(=O)N(c1ccccc1)C1(C(=O)O)CCNC(CCc2ccccc2)C1. The van der Waals surface area contributed by atoms with Crippen molar-refractivity contribution in [2.24, 2.45) is 0 Å². The molecule has 2 atom stereocenters. The van der Waals surface area contributed by atoms with Crippen LogP contribution in [-0.4, -0.2) is 35.1 Å². The molecule has 0 saturated carbocycles. The standard InChI is InChI=1S/C23H28N2O3/c1-2-21(26)25(20-11-7-4-8-12-20)23(22(27)28)15-16-24-19(17-23)14-13-18-9-5-3-6-10-18/h3-12,19,24H,2,13-17H2,1H3,(H,27,28). The molecule has 2 N–H and O–H groups in total. The molecule has 1 saturated heterocycles. The molecule has 2 aromatic rings. The predicted molar refractivity (Wildman–Crippen MR) is 110 cm³/mol. The molecule has 1 amide bonds. The Morgan fingerprint density at radius 2 is 1.75 bits per heavy atom. The largest absolute Gasteiger partial charge is 0.479 e. The molecule has 0 radical (unpaired) electrons. The molecule has 3 rings (SSSR count). The molecule has 0 spiro atoms. The number of hydrogen-bond donors (Lipinski definition) is 2. The monoisotopic (exact) mass is 380 g/mol. The molecule has 0 aromatic heterocycles. The Bertz CT molecular complexity index is 794. The second-order valence-corrected chi connectivity index (χ2v) is 7.38. The van der Waals surface area contributed by atoms with Crippen LogP contribution in [0.3, 0.4) is 0 Å². The van der Waals surface area contributed by atoms with Crippen LogP contribution in [0.15, 0.2) is 60.7 Å². The summed E-state index contributed by atoms with van der Waals surface area (Å²) in [5.74, 6) is -1.08. The number of benzene rings is 2. The second-order valence-electron chi connectivity index (χ2n) is 7.38. The first-order valence-corrected chi connectivity index (χ1v) is 9.95. The lowest BCUT2D eigenvalue weighted by atomic mass is 9.80. The smallest absolute Gasteiger partial charge is 0.330 e. The lowest BCUT2D eigenvalue weighted by Crippen LogP contribution is -2.64. The summed E-state index contributed by atoms with van der Waals surface area (Å²) in [5, 5.41) is 13.7. The normalized spacial score (nSPS) is 21.8. The van der Waals surface area contributed by atoms with E-state index in [1.54, 1.807) is 6.92 Å². The van der Waals surface area contributed by atoms with Crippen molar-refractivity contribution in [2.45, 2.75) is 50.6 Å². The topological polar surface area (TPSA) is 69.6 Å². The molecule has 28 heavy (non-hydrogen) atoms. The van der Waals surface area contributed by atoms with Crippen molar-refractivity contribution in [2.75, 3.05) is 11.4 Å². The molecule has 5 heteroatoms. The van der Waals surface area contributed by atoms with Crippen LogP contribution in [0.5, 0.6) is 0 Å². The summed E-state index contributed by atoms with van der Waals surface area (Å²) in [4.78, 5) is 26.9. The van der Waals surface area contributed by atoms with Gasteiger partial charge in [-0.05, 0) is 49.9 Å². The van der Waals surface area contributed by atoms with E-state index in [4.69, 9.17) is 0 Å². The quantitative estimate of drug-likeness (QED) is 0.769. The summed E-state index contributed by atoms with van der Waals surface area (Å²) in [6, 6.07) is 19.4. The highest BCUT2D eigenvalue weighted by molar-refractivity contribution is 6.01. The first-order valence-electron chi connectivity index (χ1n) is 9.95. The van der Waals surface area contributed by atoms with E-state index in [1.165, 1.54) is 10.5 Å². The molecular formula is C23H28N2O3. The minimum Gasteiger partial charge on any atom is -0.479 e. The number of aryl methyl sites for hydroxylation is 1. The number of hydrogen-bond acceptors (Lipinski definition) is 3. The number of carboxylic acids is 1. The van der Waals surface area contributed by atoms with Crippen molar-refractivity contribution in [3.63, 3.8) is 0 Å². The number of piperidine rings is 1. The van der Waals surface area contributed by atoms with E-state index in [1.807, 2.05) is 48.5 Å². The Labute approximate surface area is 166 Å². The van der Waals surface area contributed by atoms with Gasteiger partial charge in [-0.3, -0.25) is 9.69 Å². The average Bonchev–Trinajstić information content (AvgIpc) is 2.74. The van der Waals surface area contributed by atoms with Gasteiger partial charge in [0.05, 0.1) is 0 Å². The molecule has 5 nitrogen and oxygen atoms in total. The summed E-state index contributed by atoms with van der Waals surface area (Å²) in [7, 11) is 0. The number of carbonyl (C=O) groups excluding carboxylic acids is 1. The highest BCUT2D eigenvalue weighted by Gasteiger charge is 2.49. The van der Waals surface area contributed by atoms with E-state index in [0.29, 0.717) is 25.1 Å². The second kappa shape index (κ2) is 9.02. The van der Waals surface area contributed by atoms with Crippen LogP contribution in [-0.2, 0) is 16.0 Å². The highest BCUT2D eigenvalue weighted by atomic mass is 16.4. The number of amides is 1. The van der Waals surface area contributed by atoms with Gasteiger partial charge in [0.25, 0.3) is 0 Å². The summed E-state index contributed by atoms with van der Waals surface area (Å²) in [6.07, 6.45) is 2.77. The molecule has 1 fully saturated rings. The van der Waals surface area contributed by atoms with Crippen molar-refractivity contribution in [1.82, 2.24) is 5.32 Å². The summed E-state index contributed by atoms with van der Waals surface area (Å²) in [5.41, 5.74) is 0.668. The fourth-order valence-electron chi connectivity index (χ4n) is 4.11. The van der Waals surface area contributed by atoms with Crippen molar-refractivity contribution >= 4 is 17.6 Å². The maximum absolute atomic E-state index is 12.8. The van der Waals surface area contributed by atoms with Gasteiger partial charge in [-0.25, -0.2) is 4.79 Å². The lowest BCUT2D eigenvalue weighted by molar-refractivity contribution is -0.147. The van der Waals surface area contributed by atoms with E-state index in [9.17, 15) is 14.7 Å². The fraction of sp³-hybridized carbons (Fsp3) is 0.391. The molecule has 1 aliphatic heterocycles. The Kier molecular flexibility index (Phi) is 6.47. The Balaban J connectivity index is 1.86. The lowest BCUT2D eigenvalue weighted by Gasteiger charge is -2.46. The molecular weight excluding hydrogens is 352 g/mol. The van der Waals surface area contributed by atoms with Gasteiger partial charge in [0.1, 0.15) is 5.54 Å². The third kappa shape index (κ3) is 4.25. The zero-order chi connectivity index (χ0) is 20.0. The number of anilines is 1. The van der Waals surface area contributed by atoms with Crippen molar-refractivity contribution in [3.8, 4) is 0 Å². The summed E-state index contributed by atoms with van der Waals surface area (Å²) < 4.78 is 0. The van der Waals surface area contributed by atoms with Crippen LogP contribution in [0.25, 0.3) is 0 Å². The van der Waals surface area contributed by atoms with Crippen LogP contribution >= 0.6 is 0 Å². The first kappa shape index (κ1) is 20.1. The van der Waals surface area contributed by atoms with E-state index in [2.05, 4.69) is 17.4 Å². The Morgan fingerprint density at radius 3 is 2.36 bits per heavy atom. The highest BCUT2D eigenvalue weighted by Crippen LogP contribution is 2.35. The van der Waals surface area contributed by atoms with Gasteiger partial charge in [-0.15, -0.1) is 0 Å². The number of aliphatic carboxylic acids is 1. The molecule has 148 valence electrons. The van der Waals surface area contributed by atoms with Crippen LogP contribution in [0.2, 0.25) is 0 Å². The maximum atomic E-state index is 12.8. The van der Waals surface area contributed by atoms with Gasteiger partial charge in [-0.2, -0.15) is 0 Å². The van der Waals surface area contributed by atoms with Crippen LogP contribution in [0.1, 0.15) is 38.2 Å². The first-order chi connectivity index (χ1) is 13.6. The molecule has 1 heterocycles. The van der Waals surface area contributed by atoms with E-state index < -0.39 is 11.5 Å². The van der Waals surface area contributed by atoms with Crippen LogP contribution < -0.4 is 10.2 Å². The van der Waals surface area contributed by atoms with Crippen molar-refractivity contribution in [3.05, 3.63) is 66.2 Å². The third-order valence-corrected chi connectivity index (χ3v) is 5.57. The van der Waals surface area contributed by atoms with Gasteiger partial charge in [-0.1, -0.05) is 55.5 Å². The average molecular weight is 380 g/mol. The minimum atomic E-state index is -1.22. The van der Waals surface area contributed by atoms with Gasteiger partial charge in [0, 0.05) is 18.2 Å². The molecule has 0 bridgehead atoms. The van der Waals surface area contributed by atoms with Crippen LogP contribution in [0.4, 0.5) is 5.69 Å². The van der Waals surface area contributed by atoms with Gasteiger partial charge in [0.2, 0.25) is 5.91 Å². The number of carboxylic acid groups (broad SMARTS) is 1. The third-order valence-electron chi connectivity index (χ3n) is 5.57. The fourth-order valence-corrected chi connectivity index (χ4v) is 4.11. The van der Waals surface area contributed by atoms with Crippen molar-refractivity contribution < 1.29 is 14.7 Å². The van der Waals surface area contributed by atoms with Crippen LogP contribution in [0, 0.1) is 0 Å². The van der Waals surface area contributed by atoms with Gasteiger partial charge < -0.3 is 10.4 Å². The van der Waals surface area contributed by atoms with E-state index in [0.717, 1.165) is 12.8 Å². The Morgan fingerprint density at radius 1 is 1.11 bits per heavy atom. The minimum absolute atomic E-state index is 0.0425.